The molecule has 0 heterocycles. The molecule has 82 valence electrons. The number of hydrogen-bond acceptors (Lipinski definition) is 2. The zero-order valence-electron chi connectivity index (χ0n) is 8.47. The predicted molar refractivity (Wildman–Crippen MR) is 61.3 cm³/mol. The molecule has 0 saturated carbocycles. The van der Waals surface area contributed by atoms with E-state index < -0.39 is 5.82 Å². The number of hydrogen-bond donors (Lipinski definition) is 1. The van der Waals surface area contributed by atoms with E-state index in [0.29, 0.717) is 10.9 Å². The Bertz CT molecular complexity index is 368. The number of Topliss-reactive ketones (excluding diaryl/α,β-unsaturated/α-hetero) is 1. The van der Waals surface area contributed by atoms with Crippen molar-refractivity contribution in [3.8, 4) is 0 Å². The normalized spacial score (nSPS) is 12.5. The summed E-state index contributed by atoms with van der Waals surface area (Å²) in [6.45, 7) is 1.90. The van der Waals surface area contributed by atoms with E-state index in [-0.39, 0.29) is 23.8 Å². The molecular formula is C11H13BrFNO. The summed E-state index contributed by atoms with van der Waals surface area (Å²) in [5.74, 6) is -0.756. The second kappa shape index (κ2) is 5.37. The Labute approximate surface area is 96.8 Å². The molecule has 4 heteroatoms. The summed E-state index contributed by atoms with van der Waals surface area (Å²) >= 11 is 3.04. The topological polar surface area (TPSA) is 43.1 Å². The largest absolute Gasteiger partial charge is 0.327 e. The number of carbonyl (C=O) groups is 1. The summed E-state index contributed by atoms with van der Waals surface area (Å²) in [6, 6.07) is 4.48. The molecule has 0 aliphatic rings. The predicted octanol–water partition coefficient (Wildman–Crippen LogP) is 2.90. The fourth-order valence-electron chi connectivity index (χ4n) is 1.21. The van der Waals surface area contributed by atoms with Gasteiger partial charge in [-0.05, 0) is 34.5 Å². The highest BCUT2D eigenvalue weighted by atomic mass is 79.9. The maximum Gasteiger partial charge on any atom is 0.167 e. The minimum absolute atomic E-state index is 0.105. The van der Waals surface area contributed by atoms with Crippen LogP contribution in [-0.2, 0) is 0 Å². The van der Waals surface area contributed by atoms with Crippen LogP contribution in [0.25, 0.3) is 0 Å². The van der Waals surface area contributed by atoms with Gasteiger partial charge in [-0.15, -0.1) is 0 Å². The highest BCUT2D eigenvalue weighted by Crippen LogP contribution is 2.20. The molecule has 0 radical (unpaired) electrons. The monoisotopic (exact) mass is 273 g/mol. The van der Waals surface area contributed by atoms with Gasteiger partial charge in [0.1, 0.15) is 5.82 Å². The first-order valence-electron chi connectivity index (χ1n) is 4.79. The van der Waals surface area contributed by atoms with Crippen LogP contribution in [0, 0.1) is 5.82 Å². The van der Waals surface area contributed by atoms with Crippen LogP contribution in [0.15, 0.2) is 22.7 Å². The third-order valence-electron chi connectivity index (χ3n) is 2.22. The molecule has 0 saturated heterocycles. The molecule has 1 aromatic carbocycles. The van der Waals surface area contributed by atoms with Crippen LogP contribution in [0.4, 0.5) is 4.39 Å². The average molecular weight is 274 g/mol. The lowest BCUT2D eigenvalue weighted by atomic mass is 10.0. The summed E-state index contributed by atoms with van der Waals surface area (Å²) < 4.78 is 13.8. The zero-order valence-corrected chi connectivity index (χ0v) is 10.1. The highest BCUT2D eigenvalue weighted by molar-refractivity contribution is 9.10. The van der Waals surface area contributed by atoms with Gasteiger partial charge in [0.05, 0.1) is 10.0 Å². The van der Waals surface area contributed by atoms with E-state index >= 15 is 0 Å². The van der Waals surface area contributed by atoms with Crippen LogP contribution >= 0.6 is 15.9 Å². The van der Waals surface area contributed by atoms with Gasteiger partial charge in [-0.3, -0.25) is 4.79 Å². The number of carbonyl (C=O) groups excluding carboxylic acids is 1. The van der Waals surface area contributed by atoms with Gasteiger partial charge in [0.15, 0.2) is 5.78 Å². The lowest BCUT2D eigenvalue weighted by Gasteiger charge is -2.08. The second-order valence-corrected chi connectivity index (χ2v) is 4.25. The van der Waals surface area contributed by atoms with Crippen LogP contribution in [0.1, 0.15) is 30.1 Å². The molecule has 0 aliphatic carbocycles. The molecule has 1 aromatic rings. The van der Waals surface area contributed by atoms with Crippen molar-refractivity contribution in [2.75, 3.05) is 0 Å². The maximum atomic E-state index is 13.5. The van der Waals surface area contributed by atoms with Gasteiger partial charge in [-0.1, -0.05) is 13.0 Å². The molecule has 0 aliphatic heterocycles. The fourth-order valence-corrected chi connectivity index (χ4v) is 1.58. The van der Waals surface area contributed by atoms with Crippen molar-refractivity contribution >= 4 is 21.7 Å². The molecule has 1 unspecified atom stereocenters. The van der Waals surface area contributed by atoms with Crippen molar-refractivity contribution in [2.24, 2.45) is 5.73 Å². The number of halogens is 2. The first kappa shape index (κ1) is 12.3. The van der Waals surface area contributed by atoms with E-state index in [1.807, 2.05) is 6.92 Å². The number of benzene rings is 1. The quantitative estimate of drug-likeness (QED) is 0.858. The molecule has 1 rings (SSSR count). The van der Waals surface area contributed by atoms with Crippen LogP contribution < -0.4 is 5.73 Å². The van der Waals surface area contributed by atoms with Gasteiger partial charge in [0, 0.05) is 12.5 Å². The maximum absolute atomic E-state index is 13.5. The second-order valence-electron chi connectivity index (χ2n) is 3.40. The number of ketones is 1. The first-order valence-corrected chi connectivity index (χ1v) is 5.58. The van der Waals surface area contributed by atoms with Crippen LogP contribution in [0.3, 0.4) is 0 Å². The van der Waals surface area contributed by atoms with E-state index in [2.05, 4.69) is 15.9 Å². The smallest absolute Gasteiger partial charge is 0.167 e. The lowest BCUT2D eigenvalue weighted by Crippen LogP contribution is -2.23. The molecular weight excluding hydrogens is 261 g/mol. The van der Waals surface area contributed by atoms with Gasteiger partial charge in [0.25, 0.3) is 0 Å². The van der Waals surface area contributed by atoms with Gasteiger partial charge >= 0.3 is 0 Å². The summed E-state index contributed by atoms with van der Waals surface area (Å²) in [5.41, 5.74) is 5.75. The van der Waals surface area contributed by atoms with E-state index in [4.69, 9.17) is 5.73 Å². The van der Waals surface area contributed by atoms with E-state index in [0.717, 1.165) is 0 Å². The van der Waals surface area contributed by atoms with Crippen molar-refractivity contribution in [3.63, 3.8) is 0 Å². The highest BCUT2D eigenvalue weighted by Gasteiger charge is 2.15. The third-order valence-corrected chi connectivity index (χ3v) is 2.84. The molecule has 2 N–H and O–H groups in total. The number of rotatable bonds is 4. The fraction of sp³-hybridized carbons (Fsp3) is 0.364. The van der Waals surface area contributed by atoms with Crippen LogP contribution in [0.2, 0.25) is 0 Å². The van der Waals surface area contributed by atoms with Gasteiger partial charge < -0.3 is 5.73 Å². The van der Waals surface area contributed by atoms with Gasteiger partial charge in [-0.25, -0.2) is 4.39 Å². The summed E-state index contributed by atoms with van der Waals surface area (Å²) in [4.78, 5) is 11.6. The number of nitrogens with two attached hydrogens (primary N) is 1. The molecule has 0 spiro atoms. The summed E-state index contributed by atoms with van der Waals surface area (Å²) in [6.07, 6.45) is 0.894. The molecule has 1 atom stereocenters. The Morgan fingerprint density at radius 2 is 2.27 bits per heavy atom. The molecule has 0 amide bonds. The minimum atomic E-state index is -0.509. The Kier molecular flexibility index (Phi) is 4.42. The zero-order chi connectivity index (χ0) is 11.4. The molecule has 2 nitrogen and oxygen atoms in total. The minimum Gasteiger partial charge on any atom is -0.327 e. The van der Waals surface area contributed by atoms with Crippen LogP contribution in [-0.4, -0.2) is 11.8 Å². The SMILES string of the molecule is CCC(N)CC(=O)c1cccc(Br)c1F. The van der Waals surface area contributed by atoms with Crippen molar-refractivity contribution in [1.82, 2.24) is 0 Å². The molecule has 15 heavy (non-hydrogen) atoms. The Morgan fingerprint density at radius 1 is 1.60 bits per heavy atom. The summed E-state index contributed by atoms with van der Waals surface area (Å²) in [7, 11) is 0. The van der Waals surface area contributed by atoms with Crippen molar-refractivity contribution < 1.29 is 9.18 Å². The Hall–Kier alpha value is -0.740. The van der Waals surface area contributed by atoms with Gasteiger partial charge in [0.2, 0.25) is 0 Å². The molecule has 0 aromatic heterocycles. The Morgan fingerprint density at radius 3 is 2.87 bits per heavy atom. The standard InChI is InChI=1S/C11H13BrFNO/c1-2-7(14)6-10(15)8-4-3-5-9(12)11(8)13/h3-5,7H,2,6,14H2,1H3. The lowest BCUT2D eigenvalue weighted by molar-refractivity contribution is 0.0970. The van der Waals surface area contributed by atoms with Crippen LogP contribution in [0.5, 0.6) is 0 Å². The van der Waals surface area contributed by atoms with Crippen molar-refractivity contribution in [1.29, 1.82) is 0 Å². The summed E-state index contributed by atoms with van der Waals surface area (Å²) in [5, 5.41) is 0. The average Bonchev–Trinajstić information content (AvgIpc) is 2.21. The third kappa shape index (κ3) is 3.11. The van der Waals surface area contributed by atoms with E-state index in [1.165, 1.54) is 6.07 Å². The van der Waals surface area contributed by atoms with E-state index in [1.54, 1.807) is 12.1 Å². The first-order chi connectivity index (χ1) is 7.06. The van der Waals surface area contributed by atoms with E-state index in [9.17, 15) is 9.18 Å². The van der Waals surface area contributed by atoms with Crippen molar-refractivity contribution in [2.45, 2.75) is 25.8 Å². The van der Waals surface area contributed by atoms with Crippen molar-refractivity contribution in [3.05, 3.63) is 34.1 Å². The Balaban J connectivity index is 2.87. The van der Waals surface area contributed by atoms with Gasteiger partial charge in [-0.2, -0.15) is 0 Å². The molecule has 0 fully saturated rings. The molecule has 0 bridgehead atoms.